The molecule has 0 amide bonds. The van der Waals surface area contributed by atoms with Crippen LogP contribution in [0.2, 0.25) is 0 Å². The summed E-state index contributed by atoms with van der Waals surface area (Å²) < 4.78 is 5.05. The summed E-state index contributed by atoms with van der Waals surface area (Å²) in [6.45, 7) is 1.80. The number of carbonyl (C=O) groups excluding carboxylic acids is 1. The fourth-order valence-corrected chi connectivity index (χ4v) is 1.19. The minimum atomic E-state index is 0.00921. The topological polar surface area (TPSA) is 52.3 Å². The van der Waals surface area contributed by atoms with Crippen LogP contribution in [0.15, 0.2) is 18.2 Å². The second kappa shape index (κ2) is 3.94. The molecule has 13 heavy (non-hydrogen) atoms. The van der Waals surface area contributed by atoms with Crippen LogP contribution in [0.5, 0.6) is 5.75 Å². The highest BCUT2D eigenvalue weighted by Crippen LogP contribution is 2.25. The van der Waals surface area contributed by atoms with Gasteiger partial charge in [0.15, 0.2) is 5.78 Å². The zero-order valence-electron chi connectivity index (χ0n) is 7.83. The molecule has 3 nitrogen and oxygen atoms in total. The van der Waals surface area contributed by atoms with Gasteiger partial charge in [-0.3, -0.25) is 4.79 Å². The maximum absolute atomic E-state index is 11.5. The first kappa shape index (κ1) is 9.58. The monoisotopic (exact) mass is 179 g/mol. The van der Waals surface area contributed by atoms with Gasteiger partial charge < -0.3 is 10.5 Å². The number of rotatable bonds is 3. The first-order valence-electron chi connectivity index (χ1n) is 4.16. The molecule has 0 aromatic heterocycles. The molecule has 0 aliphatic carbocycles. The molecule has 1 rings (SSSR count). The third-order valence-corrected chi connectivity index (χ3v) is 1.88. The molecular weight excluding hydrogens is 166 g/mol. The molecule has 0 unspecified atom stereocenters. The number of ether oxygens (including phenoxy) is 1. The van der Waals surface area contributed by atoms with Crippen molar-refractivity contribution in [3.05, 3.63) is 23.8 Å². The van der Waals surface area contributed by atoms with Crippen LogP contribution in [-0.4, -0.2) is 12.9 Å². The molecule has 0 atom stereocenters. The lowest BCUT2D eigenvalue weighted by Gasteiger charge is -2.08. The van der Waals surface area contributed by atoms with E-state index in [9.17, 15) is 4.79 Å². The number of methoxy groups -OCH3 is 1. The first-order valence-corrected chi connectivity index (χ1v) is 4.16. The van der Waals surface area contributed by atoms with Crippen LogP contribution in [0.4, 0.5) is 5.69 Å². The minimum absolute atomic E-state index is 0.00921. The summed E-state index contributed by atoms with van der Waals surface area (Å²) in [6.07, 6.45) is 0.435. The second-order valence-corrected chi connectivity index (χ2v) is 2.70. The molecule has 0 fully saturated rings. The third kappa shape index (κ3) is 1.80. The summed E-state index contributed by atoms with van der Waals surface area (Å²) in [5, 5.41) is 0. The van der Waals surface area contributed by atoms with Crippen molar-refractivity contribution in [2.75, 3.05) is 12.8 Å². The predicted octanol–water partition coefficient (Wildman–Crippen LogP) is 1.87. The molecule has 2 N–H and O–H groups in total. The van der Waals surface area contributed by atoms with Crippen LogP contribution in [0.3, 0.4) is 0 Å². The van der Waals surface area contributed by atoms with Gasteiger partial charge in [-0.15, -0.1) is 0 Å². The van der Waals surface area contributed by atoms with Gasteiger partial charge in [-0.2, -0.15) is 0 Å². The molecule has 1 aromatic carbocycles. The maximum Gasteiger partial charge on any atom is 0.168 e. The van der Waals surface area contributed by atoms with Gasteiger partial charge in [0.05, 0.1) is 12.7 Å². The summed E-state index contributed by atoms with van der Waals surface area (Å²) in [4.78, 5) is 11.5. The first-order chi connectivity index (χ1) is 6.20. The SMILES string of the molecule is CCC(=O)c1c(N)cccc1OC. The van der Waals surface area contributed by atoms with Gasteiger partial charge in [0.25, 0.3) is 0 Å². The van der Waals surface area contributed by atoms with Crippen LogP contribution in [0.25, 0.3) is 0 Å². The van der Waals surface area contributed by atoms with Crippen LogP contribution in [-0.2, 0) is 0 Å². The Morgan fingerprint density at radius 2 is 2.23 bits per heavy atom. The highest BCUT2D eigenvalue weighted by molar-refractivity contribution is 6.03. The molecule has 3 heteroatoms. The Morgan fingerprint density at radius 3 is 2.77 bits per heavy atom. The van der Waals surface area contributed by atoms with Crippen molar-refractivity contribution in [3.63, 3.8) is 0 Å². The van der Waals surface area contributed by atoms with Crippen molar-refractivity contribution in [3.8, 4) is 5.75 Å². The number of nitrogen functional groups attached to an aromatic ring is 1. The van der Waals surface area contributed by atoms with E-state index < -0.39 is 0 Å². The van der Waals surface area contributed by atoms with Crippen molar-refractivity contribution in [1.29, 1.82) is 0 Å². The molecule has 0 spiro atoms. The van der Waals surface area contributed by atoms with Gasteiger partial charge in [-0.1, -0.05) is 13.0 Å². The maximum atomic E-state index is 11.5. The van der Waals surface area contributed by atoms with Gasteiger partial charge >= 0.3 is 0 Å². The number of Topliss-reactive ketones (excluding diaryl/α,β-unsaturated/α-hetero) is 1. The summed E-state index contributed by atoms with van der Waals surface area (Å²) in [5.41, 5.74) is 6.64. The van der Waals surface area contributed by atoms with E-state index in [4.69, 9.17) is 10.5 Å². The van der Waals surface area contributed by atoms with Gasteiger partial charge in [0.2, 0.25) is 0 Å². The number of benzene rings is 1. The van der Waals surface area contributed by atoms with Crippen LogP contribution in [0.1, 0.15) is 23.7 Å². The lowest BCUT2D eigenvalue weighted by molar-refractivity contribution is 0.0986. The highest BCUT2D eigenvalue weighted by Gasteiger charge is 2.12. The van der Waals surface area contributed by atoms with Crippen LogP contribution in [0, 0.1) is 0 Å². The number of nitrogens with two attached hydrogens (primary N) is 1. The van der Waals surface area contributed by atoms with Gasteiger partial charge in [0.1, 0.15) is 5.75 Å². The third-order valence-electron chi connectivity index (χ3n) is 1.88. The van der Waals surface area contributed by atoms with Gasteiger partial charge in [0, 0.05) is 12.1 Å². The standard InChI is InChI=1S/C10H13NO2/c1-3-8(12)10-7(11)5-4-6-9(10)13-2/h4-6H,3,11H2,1-2H3. The van der Waals surface area contributed by atoms with E-state index in [1.54, 1.807) is 25.1 Å². The largest absolute Gasteiger partial charge is 0.496 e. The van der Waals surface area contributed by atoms with E-state index in [0.29, 0.717) is 23.4 Å². The Labute approximate surface area is 77.5 Å². The van der Waals surface area contributed by atoms with Crippen LogP contribution < -0.4 is 10.5 Å². The second-order valence-electron chi connectivity index (χ2n) is 2.70. The van der Waals surface area contributed by atoms with Crippen molar-refractivity contribution in [2.24, 2.45) is 0 Å². The van der Waals surface area contributed by atoms with Crippen molar-refractivity contribution in [1.82, 2.24) is 0 Å². The average molecular weight is 179 g/mol. The molecule has 0 bridgehead atoms. The summed E-state index contributed by atoms with van der Waals surface area (Å²) >= 11 is 0. The molecule has 70 valence electrons. The van der Waals surface area contributed by atoms with E-state index in [0.717, 1.165) is 0 Å². The Morgan fingerprint density at radius 1 is 1.54 bits per heavy atom. The highest BCUT2D eigenvalue weighted by atomic mass is 16.5. The molecule has 1 aromatic rings. The summed E-state index contributed by atoms with van der Waals surface area (Å²) in [5.74, 6) is 0.557. The molecule has 0 saturated carbocycles. The molecular formula is C10H13NO2. The van der Waals surface area contributed by atoms with E-state index in [2.05, 4.69) is 0 Å². The predicted molar refractivity (Wildman–Crippen MR) is 52.0 cm³/mol. The number of hydrogen-bond acceptors (Lipinski definition) is 3. The quantitative estimate of drug-likeness (QED) is 0.569. The molecule has 0 heterocycles. The Bertz CT molecular complexity index is 321. The Balaban J connectivity index is 3.22. The minimum Gasteiger partial charge on any atom is -0.496 e. The van der Waals surface area contributed by atoms with Gasteiger partial charge in [-0.25, -0.2) is 0 Å². The van der Waals surface area contributed by atoms with E-state index in [-0.39, 0.29) is 5.78 Å². The molecule has 0 radical (unpaired) electrons. The van der Waals surface area contributed by atoms with E-state index in [1.165, 1.54) is 7.11 Å². The number of carbonyl (C=O) groups is 1. The summed E-state index contributed by atoms with van der Waals surface area (Å²) in [7, 11) is 1.53. The lowest BCUT2D eigenvalue weighted by atomic mass is 10.1. The van der Waals surface area contributed by atoms with E-state index in [1.807, 2.05) is 0 Å². The number of ketones is 1. The molecule has 0 aliphatic heterocycles. The van der Waals surface area contributed by atoms with Crippen LogP contribution >= 0.6 is 0 Å². The molecule has 0 saturated heterocycles. The fraction of sp³-hybridized carbons (Fsp3) is 0.300. The van der Waals surface area contributed by atoms with Crippen molar-refractivity contribution < 1.29 is 9.53 Å². The normalized spacial score (nSPS) is 9.69. The van der Waals surface area contributed by atoms with Gasteiger partial charge in [-0.05, 0) is 12.1 Å². The Hall–Kier alpha value is -1.51. The molecule has 0 aliphatic rings. The number of anilines is 1. The fourth-order valence-electron chi connectivity index (χ4n) is 1.19. The summed E-state index contributed by atoms with van der Waals surface area (Å²) in [6, 6.07) is 5.20. The smallest absolute Gasteiger partial charge is 0.168 e. The van der Waals surface area contributed by atoms with Crippen molar-refractivity contribution in [2.45, 2.75) is 13.3 Å². The zero-order chi connectivity index (χ0) is 9.84. The van der Waals surface area contributed by atoms with E-state index >= 15 is 0 Å². The number of hydrogen-bond donors (Lipinski definition) is 1. The van der Waals surface area contributed by atoms with Crippen molar-refractivity contribution >= 4 is 11.5 Å². The Kier molecular flexibility index (Phi) is 2.90. The lowest BCUT2D eigenvalue weighted by Crippen LogP contribution is -2.04. The zero-order valence-corrected chi connectivity index (χ0v) is 7.83. The average Bonchev–Trinajstić information content (AvgIpc) is 2.16.